The predicted molar refractivity (Wildman–Crippen MR) is 77.3 cm³/mol. The second-order valence-electron chi connectivity index (χ2n) is 4.59. The highest BCUT2D eigenvalue weighted by molar-refractivity contribution is 5.92. The van der Waals surface area contributed by atoms with Gasteiger partial charge in [-0.2, -0.15) is 0 Å². The minimum atomic E-state index is 0.487. The van der Waals surface area contributed by atoms with Gasteiger partial charge in [-0.15, -0.1) is 10.2 Å². The molecule has 20 heavy (non-hydrogen) atoms. The van der Waals surface area contributed by atoms with Crippen molar-refractivity contribution in [2.75, 3.05) is 13.6 Å². The summed E-state index contributed by atoms with van der Waals surface area (Å²) >= 11 is 0. The molecule has 0 aliphatic carbocycles. The van der Waals surface area contributed by atoms with E-state index in [2.05, 4.69) is 20.5 Å². The van der Waals surface area contributed by atoms with E-state index in [1.165, 1.54) is 0 Å². The Morgan fingerprint density at radius 3 is 2.95 bits per heavy atom. The molecule has 3 rings (SSSR count). The van der Waals surface area contributed by atoms with Crippen LogP contribution < -0.4 is 5.32 Å². The Morgan fingerprint density at radius 1 is 1.15 bits per heavy atom. The second-order valence-corrected chi connectivity index (χ2v) is 4.59. The molecule has 0 saturated carbocycles. The first kappa shape index (κ1) is 12.7. The number of benzene rings is 1. The quantitative estimate of drug-likeness (QED) is 0.720. The monoisotopic (exact) mass is 268 g/mol. The molecule has 0 aliphatic rings. The van der Waals surface area contributed by atoms with Gasteiger partial charge in [0.25, 0.3) is 5.89 Å². The van der Waals surface area contributed by atoms with Crippen LogP contribution in [0, 0.1) is 0 Å². The smallest absolute Gasteiger partial charge is 0.266 e. The molecule has 0 bridgehead atoms. The van der Waals surface area contributed by atoms with Crippen molar-refractivity contribution in [2.24, 2.45) is 0 Å². The molecule has 0 radical (unpaired) electrons. The van der Waals surface area contributed by atoms with Crippen molar-refractivity contribution < 1.29 is 4.42 Å². The Kier molecular flexibility index (Phi) is 3.69. The lowest BCUT2D eigenvalue weighted by molar-refractivity contribution is 0.494. The average molecular weight is 268 g/mol. The summed E-state index contributed by atoms with van der Waals surface area (Å²) in [5, 5.41) is 13.4. The van der Waals surface area contributed by atoms with Gasteiger partial charge in [0.1, 0.15) is 5.69 Å². The Balaban J connectivity index is 1.91. The molecule has 0 atom stereocenters. The van der Waals surface area contributed by atoms with E-state index in [9.17, 15) is 0 Å². The molecule has 2 heterocycles. The van der Waals surface area contributed by atoms with Crippen LogP contribution in [0.4, 0.5) is 0 Å². The molecule has 102 valence electrons. The van der Waals surface area contributed by atoms with Crippen LogP contribution in [0.25, 0.3) is 22.4 Å². The Morgan fingerprint density at radius 2 is 2.05 bits per heavy atom. The summed E-state index contributed by atoms with van der Waals surface area (Å²) in [6, 6.07) is 10.0. The van der Waals surface area contributed by atoms with Gasteiger partial charge in [-0.25, -0.2) is 0 Å². The zero-order valence-electron chi connectivity index (χ0n) is 11.3. The molecule has 5 nitrogen and oxygen atoms in total. The van der Waals surface area contributed by atoms with E-state index in [1.807, 2.05) is 37.4 Å². The zero-order valence-corrected chi connectivity index (χ0v) is 11.3. The maximum absolute atomic E-state index is 5.71. The number of pyridine rings is 1. The van der Waals surface area contributed by atoms with Crippen molar-refractivity contribution in [1.29, 1.82) is 0 Å². The molecular weight excluding hydrogens is 252 g/mol. The van der Waals surface area contributed by atoms with Crippen LogP contribution in [0.2, 0.25) is 0 Å². The summed E-state index contributed by atoms with van der Waals surface area (Å²) in [7, 11) is 1.93. The highest BCUT2D eigenvalue weighted by Gasteiger charge is 2.12. The van der Waals surface area contributed by atoms with Crippen LogP contribution in [0.1, 0.15) is 12.3 Å². The molecule has 0 amide bonds. The summed E-state index contributed by atoms with van der Waals surface area (Å²) in [5.41, 5.74) is 0.746. The third-order valence-corrected chi connectivity index (χ3v) is 3.16. The lowest BCUT2D eigenvalue weighted by Gasteiger charge is -2.00. The molecular formula is C15H16N4O. The number of rotatable bonds is 5. The summed E-state index contributed by atoms with van der Waals surface area (Å²) in [4.78, 5) is 4.38. The van der Waals surface area contributed by atoms with Crippen molar-refractivity contribution in [3.8, 4) is 11.6 Å². The number of hydrogen-bond acceptors (Lipinski definition) is 5. The minimum Gasteiger partial charge on any atom is -0.419 e. The van der Waals surface area contributed by atoms with E-state index in [4.69, 9.17) is 4.42 Å². The molecule has 1 aromatic carbocycles. The third kappa shape index (κ3) is 2.53. The summed E-state index contributed by atoms with van der Waals surface area (Å²) in [5.74, 6) is 1.14. The van der Waals surface area contributed by atoms with Crippen LogP contribution in [0.15, 0.2) is 40.9 Å². The van der Waals surface area contributed by atoms with Crippen molar-refractivity contribution in [3.05, 3.63) is 42.4 Å². The Labute approximate surface area is 117 Å². The van der Waals surface area contributed by atoms with Gasteiger partial charge in [-0.3, -0.25) is 4.98 Å². The van der Waals surface area contributed by atoms with Gasteiger partial charge in [0, 0.05) is 18.0 Å². The fourth-order valence-corrected chi connectivity index (χ4v) is 2.16. The first-order valence-electron chi connectivity index (χ1n) is 6.69. The highest BCUT2D eigenvalue weighted by Crippen LogP contribution is 2.25. The van der Waals surface area contributed by atoms with E-state index in [0.29, 0.717) is 11.8 Å². The van der Waals surface area contributed by atoms with E-state index >= 15 is 0 Å². The van der Waals surface area contributed by atoms with Crippen molar-refractivity contribution in [2.45, 2.75) is 12.8 Å². The fraction of sp³-hybridized carbons (Fsp3) is 0.267. The highest BCUT2D eigenvalue weighted by atomic mass is 16.4. The molecule has 2 aromatic heterocycles. The molecule has 0 unspecified atom stereocenters. The van der Waals surface area contributed by atoms with Crippen LogP contribution >= 0.6 is 0 Å². The first-order valence-corrected chi connectivity index (χ1v) is 6.69. The first-order chi connectivity index (χ1) is 9.88. The average Bonchev–Trinajstić information content (AvgIpc) is 2.96. The van der Waals surface area contributed by atoms with Gasteiger partial charge < -0.3 is 9.73 Å². The van der Waals surface area contributed by atoms with Gasteiger partial charge in [0.15, 0.2) is 0 Å². The number of aryl methyl sites for hydroxylation is 1. The molecule has 1 N–H and O–H groups in total. The SMILES string of the molecule is CNCCCc1nnc(-c2nccc3ccccc23)o1. The zero-order chi connectivity index (χ0) is 13.8. The van der Waals surface area contributed by atoms with Crippen LogP contribution in [-0.4, -0.2) is 28.8 Å². The molecule has 3 aromatic rings. The van der Waals surface area contributed by atoms with E-state index in [1.54, 1.807) is 6.20 Å². The summed E-state index contributed by atoms with van der Waals surface area (Å²) in [6.07, 6.45) is 3.52. The van der Waals surface area contributed by atoms with Crippen LogP contribution in [0.5, 0.6) is 0 Å². The molecule has 0 aliphatic heterocycles. The Bertz CT molecular complexity index is 702. The fourth-order valence-electron chi connectivity index (χ4n) is 2.16. The molecule has 0 fully saturated rings. The van der Waals surface area contributed by atoms with Gasteiger partial charge in [0.2, 0.25) is 5.89 Å². The third-order valence-electron chi connectivity index (χ3n) is 3.16. The lowest BCUT2D eigenvalue weighted by Crippen LogP contribution is -2.08. The topological polar surface area (TPSA) is 63.8 Å². The summed E-state index contributed by atoms with van der Waals surface area (Å²) < 4.78 is 5.71. The molecule has 5 heteroatoms. The van der Waals surface area contributed by atoms with Gasteiger partial charge in [-0.05, 0) is 31.5 Å². The van der Waals surface area contributed by atoms with Crippen molar-refractivity contribution in [1.82, 2.24) is 20.5 Å². The number of nitrogens with one attached hydrogen (secondary N) is 1. The van der Waals surface area contributed by atoms with Gasteiger partial charge in [-0.1, -0.05) is 24.3 Å². The van der Waals surface area contributed by atoms with E-state index in [0.717, 1.165) is 35.9 Å². The van der Waals surface area contributed by atoms with Gasteiger partial charge >= 0.3 is 0 Å². The number of aromatic nitrogens is 3. The van der Waals surface area contributed by atoms with E-state index in [-0.39, 0.29) is 0 Å². The largest absolute Gasteiger partial charge is 0.419 e. The number of nitrogens with zero attached hydrogens (tertiary/aromatic N) is 3. The number of hydrogen-bond donors (Lipinski definition) is 1. The predicted octanol–water partition coefficient (Wildman–Crippen LogP) is 2.44. The minimum absolute atomic E-state index is 0.487. The lowest BCUT2D eigenvalue weighted by atomic mass is 10.1. The van der Waals surface area contributed by atoms with Crippen molar-refractivity contribution >= 4 is 10.8 Å². The Hall–Kier alpha value is -2.27. The van der Waals surface area contributed by atoms with Crippen LogP contribution in [0.3, 0.4) is 0 Å². The molecule has 0 saturated heterocycles. The van der Waals surface area contributed by atoms with Gasteiger partial charge in [0.05, 0.1) is 0 Å². The maximum Gasteiger partial charge on any atom is 0.266 e. The molecule has 0 spiro atoms. The van der Waals surface area contributed by atoms with E-state index < -0.39 is 0 Å². The second kappa shape index (κ2) is 5.79. The maximum atomic E-state index is 5.71. The van der Waals surface area contributed by atoms with Crippen molar-refractivity contribution in [3.63, 3.8) is 0 Å². The standard InChI is InChI=1S/C15H16N4O/c1-16-9-4-7-13-18-19-15(20-13)14-12-6-3-2-5-11(12)8-10-17-14/h2-3,5-6,8,10,16H,4,7,9H2,1H3. The normalized spacial score (nSPS) is 11.1. The van der Waals surface area contributed by atoms with Crippen LogP contribution in [-0.2, 0) is 6.42 Å². The number of fused-ring (bicyclic) bond motifs is 1. The summed E-state index contributed by atoms with van der Waals surface area (Å²) in [6.45, 7) is 0.935.